The van der Waals surface area contributed by atoms with Crippen LogP contribution in [0.3, 0.4) is 0 Å². The summed E-state index contributed by atoms with van der Waals surface area (Å²) in [5.41, 5.74) is 2.78. The lowest BCUT2D eigenvalue weighted by Crippen LogP contribution is -2.38. The first-order valence-electron chi connectivity index (χ1n) is 10.5. The van der Waals surface area contributed by atoms with E-state index in [0.717, 1.165) is 15.4 Å². The van der Waals surface area contributed by atoms with Gasteiger partial charge < -0.3 is 14.8 Å². The van der Waals surface area contributed by atoms with Crippen LogP contribution >= 0.6 is 0 Å². The molecular weight excluding hydrogens is 440 g/mol. The highest BCUT2D eigenvalue weighted by atomic mass is 32.2. The van der Waals surface area contributed by atoms with Gasteiger partial charge in [-0.2, -0.15) is 0 Å². The number of methoxy groups -OCH3 is 1. The van der Waals surface area contributed by atoms with Gasteiger partial charge in [0.05, 0.1) is 30.0 Å². The van der Waals surface area contributed by atoms with Crippen molar-refractivity contribution >= 4 is 27.3 Å². The van der Waals surface area contributed by atoms with Crippen LogP contribution in [0.1, 0.15) is 18.1 Å². The molecule has 8 heteroatoms. The van der Waals surface area contributed by atoms with Crippen LogP contribution in [0.15, 0.2) is 71.6 Å². The Morgan fingerprint density at radius 2 is 1.58 bits per heavy atom. The molecule has 0 aliphatic heterocycles. The van der Waals surface area contributed by atoms with Crippen molar-refractivity contribution in [2.24, 2.45) is 0 Å². The second kappa shape index (κ2) is 10.4. The number of benzene rings is 3. The minimum Gasteiger partial charge on any atom is -0.495 e. The van der Waals surface area contributed by atoms with E-state index in [1.807, 2.05) is 26.8 Å². The number of rotatable bonds is 9. The van der Waals surface area contributed by atoms with Crippen LogP contribution in [0.25, 0.3) is 0 Å². The number of hydrogen-bond donors (Lipinski definition) is 1. The topological polar surface area (TPSA) is 84.9 Å². The van der Waals surface area contributed by atoms with E-state index in [2.05, 4.69) is 5.32 Å². The Kier molecular flexibility index (Phi) is 7.60. The van der Waals surface area contributed by atoms with E-state index in [-0.39, 0.29) is 4.90 Å². The van der Waals surface area contributed by atoms with Gasteiger partial charge >= 0.3 is 0 Å². The maximum absolute atomic E-state index is 13.5. The molecular formula is C25H28N2O5S. The highest BCUT2D eigenvalue weighted by molar-refractivity contribution is 7.92. The summed E-state index contributed by atoms with van der Waals surface area (Å²) in [5, 5.41) is 2.77. The van der Waals surface area contributed by atoms with Crippen LogP contribution in [-0.4, -0.2) is 34.6 Å². The lowest BCUT2D eigenvalue weighted by atomic mass is 10.2. The fraction of sp³-hybridized carbons (Fsp3) is 0.240. The van der Waals surface area contributed by atoms with Crippen molar-refractivity contribution in [2.45, 2.75) is 25.7 Å². The van der Waals surface area contributed by atoms with Crippen LogP contribution in [0, 0.1) is 13.8 Å². The molecule has 0 bridgehead atoms. The minimum absolute atomic E-state index is 0.0625. The van der Waals surface area contributed by atoms with Crippen LogP contribution < -0.4 is 19.1 Å². The third-order valence-electron chi connectivity index (χ3n) is 4.96. The summed E-state index contributed by atoms with van der Waals surface area (Å²) in [5.74, 6) is 0.571. The number of aryl methyl sites for hydroxylation is 2. The lowest BCUT2D eigenvalue weighted by Gasteiger charge is -2.24. The fourth-order valence-corrected chi connectivity index (χ4v) is 4.69. The zero-order valence-corrected chi connectivity index (χ0v) is 20.0. The van der Waals surface area contributed by atoms with Gasteiger partial charge in [0, 0.05) is 0 Å². The number of nitrogens with one attached hydrogen (secondary N) is 1. The molecule has 0 fully saturated rings. The van der Waals surface area contributed by atoms with Crippen molar-refractivity contribution in [3.63, 3.8) is 0 Å². The summed E-state index contributed by atoms with van der Waals surface area (Å²) in [6, 6.07) is 18.5. The third-order valence-corrected chi connectivity index (χ3v) is 6.75. The summed E-state index contributed by atoms with van der Waals surface area (Å²) in [6.45, 7) is 5.72. The number of sulfonamides is 1. The van der Waals surface area contributed by atoms with Crippen LogP contribution in [0.5, 0.6) is 11.5 Å². The SMILES string of the molecule is CCOc1ccc(S(=O)(=O)N(CC(=O)Nc2cc(C)ccc2OC)c2ccc(C)cc2)cc1. The van der Waals surface area contributed by atoms with Gasteiger partial charge in [-0.3, -0.25) is 9.10 Å². The molecule has 0 heterocycles. The molecule has 3 aromatic rings. The van der Waals surface area contributed by atoms with E-state index in [4.69, 9.17) is 9.47 Å². The van der Waals surface area contributed by atoms with Crippen LogP contribution in [0.4, 0.5) is 11.4 Å². The van der Waals surface area contributed by atoms with Gasteiger partial charge in [-0.1, -0.05) is 23.8 Å². The second-order valence-corrected chi connectivity index (χ2v) is 9.37. The summed E-state index contributed by atoms with van der Waals surface area (Å²) < 4.78 is 38.9. The van der Waals surface area contributed by atoms with E-state index in [0.29, 0.717) is 29.5 Å². The molecule has 0 radical (unpaired) electrons. The van der Waals surface area contributed by atoms with E-state index < -0.39 is 22.5 Å². The minimum atomic E-state index is -4.02. The van der Waals surface area contributed by atoms with Crippen molar-refractivity contribution in [3.8, 4) is 11.5 Å². The van der Waals surface area contributed by atoms with E-state index >= 15 is 0 Å². The molecule has 0 spiro atoms. The average Bonchev–Trinajstić information content (AvgIpc) is 2.79. The van der Waals surface area contributed by atoms with Crippen LogP contribution in [-0.2, 0) is 14.8 Å². The molecule has 0 unspecified atom stereocenters. The summed E-state index contributed by atoms with van der Waals surface area (Å²) in [4.78, 5) is 13.0. The first kappa shape index (κ1) is 24.1. The number of ether oxygens (including phenoxy) is 2. The number of amides is 1. The van der Waals surface area contributed by atoms with Gasteiger partial charge in [-0.15, -0.1) is 0 Å². The van der Waals surface area contributed by atoms with Gasteiger partial charge in [0.2, 0.25) is 5.91 Å². The average molecular weight is 469 g/mol. The molecule has 7 nitrogen and oxygen atoms in total. The molecule has 0 aromatic heterocycles. The fourth-order valence-electron chi connectivity index (χ4n) is 3.27. The van der Waals surface area contributed by atoms with Crippen molar-refractivity contribution in [1.82, 2.24) is 0 Å². The predicted molar refractivity (Wildman–Crippen MR) is 130 cm³/mol. The van der Waals surface area contributed by atoms with E-state index in [1.54, 1.807) is 48.5 Å². The molecule has 3 aromatic carbocycles. The largest absolute Gasteiger partial charge is 0.495 e. The molecule has 1 N–H and O–H groups in total. The molecule has 0 aliphatic rings. The zero-order chi connectivity index (χ0) is 24.0. The normalized spacial score (nSPS) is 11.0. The molecule has 3 rings (SSSR count). The van der Waals surface area contributed by atoms with Crippen molar-refractivity contribution in [3.05, 3.63) is 77.9 Å². The Morgan fingerprint density at radius 3 is 2.18 bits per heavy atom. The highest BCUT2D eigenvalue weighted by Gasteiger charge is 2.27. The monoisotopic (exact) mass is 468 g/mol. The standard InChI is InChI=1S/C25H28N2O5S/c1-5-32-21-11-13-22(14-12-21)33(29,30)27(20-9-6-18(2)7-10-20)17-25(28)26-23-16-19(3)8-15-24(23)31-4/h6-16H,5,17H2,1-4H3,(H,26,28). The molecule has 1 amide bonds. The molecule has 0 saturated carbocycles. The van der Waals surface area contributed by atoms with Crippen LogP contribution in [0.2, 0.25) is 0 Å². The lowest BCUT2D eigenvalue weighted by molar-refractivity contribution is -0.114. The first-order valence-corrected chi connectivity index (χ1v) is 12.0. The molecule has 0 saturated heterocycles. The Balaban J connectivity index is 1.94. The van der Waals surface area contributed by atoms with Gasteiger partial charge in [0.15, 0.2) is 0 Å². The Bertz CT molecular complexity index is 1210. The zero-order valence-electron chi connectivity index (χ0n) is 19.2. The van der Waals surface area contributed by atoms with Crippen molar-refractivity contribution in [2.75, 3.05) is 29.9 Å². The Morgan fingerprint density at radius 1 is 0.939 bits per heavy atom. The van der Waals surface area contributed by atoms with Gasteiger partial charge in [-0.25, -0.2) is 8.42 Å². The number of carbonyl (C=O) groups is 1. The smallest absolute Gasteiger partial charge is 0.264 e. The molecule has 0 aliphatic carbocycles. The van der Waals surface area contributed by atoms with Crippen molar-refractivity contribution < 1.29 is 22.7 Å². The number of carbonyl (C=O) groups excluding carboxylic acids is 1. The van der Waals surface area contributed by atoms with E-state index in [9.17, 15) is 13.2 Å². The third kappa shape index (κ3) is 5.84. The highest BCUT2D eigenvalue weighted by Crippen LogP contribution is 2.28. The molecule has 0 atom stereocenters. The quantitative estimate of drug-likeness (QED) is 0.498. The number of anilines is 2. The van der Waals surface area contributed by atoms with Gasteiger partial charge in [0.1, 0.15) is 18.0 Å². The summed E-state index contributed by atoms with van der Waals surface area (Å²) in [6.07, 6.45) is 0. The van der Waals surface area contributed by atoms with Gasteiger partial charge in [-0.05, 0) is 74.9 Å². The van der Waals surface area contributed by atoms with Crippen molar-refractivity contribution in [1.29, 1.82) is 0 Å². The Labute approximate surface area is 195 Å². The summed E-state index contributed by atoms with van der Waals surface area (Å²) in [7, 11) is -2.51. The first-order chi connectivity index (χ1) is 15.7. The van der Waals surface area contributed by atoms with E-state index in [1.165, 1.54) is 19.2 Å². The molecule has 174 valence electrons. The summed E-state index contributed by atoms with van der Waals surface area (Å²) >= 11 is 0. The maximum Gasteiger partial charge on any atom is 0.264 e. The molecule has 33 heavy (non-hydrogen) atoms. The number of hydrogen-bond acceptors (Lipinski definition) is 5. The van der Waals surface area contributed by atoms with Gasteiger partial charge in [0.25, 0.3) is 10.0 Å². The second-order valence-electron chi connectivity index (χ2n) is 7.50. The number of nitrogens with zero attached hydrogens (tertiary/aromatic N) is 1. The predicted octanol–water partition coefficient (Wildman–Crippen LogP) is 4.54. The maximum atomic E-state index is 13.5. The Hall–Kier alpha value is -3.52.